The topological polar surface area (TPSA) is 197 Å². The summed E-state index contributed by atoms with van der Waals surface area (Å²) in [6.07, 6.45) is -2.23. The van der Waals surface area contributed by atoms with Gasteiger partial charge in [0.05, 0.1) is 39.9 Å². The highest BCUT2D eigenvalue weighted by molar-refractivity contribution is 7.32. The van der Waals surface area contributed by atoms with Crippen LogP contribution in [0, 0.1) is 6.92 Å². The molecule has 0 radical (unpaired) electrons. The summed E-state index contributed by atoms with van der Waals surface area (Å²) < 4.78 is 49.9. The smallest absolute Gasteiger partial charge is 0.340 e. The summed E-state index contributed by atoms with van der Waals surface area (Å²) in [6.45, 7) is 1.56. The average Bonchev–Trinajstić information content (AvgIpc) is 3.37. The summed E-state index contributed by atoms with van der Waals surface area (Å²) in [5.41, 5.74) is -1.54. The molecule has 236 valence electrons. The third-order valence-corrected chi connectivity index (χ3v) is 6.83. The SMILES string of the molecule is COc1cc(C(=O)OCn2c(=O)c(C)cn([C@H]3C[C@@H](OC(=O)CCC(C)=O)C(CO[PH](=O)O)O3)c2=O)cc(OC)c1OC. The Bertz CT molecular complexity index is 1470. The quantitative estimate of drug-likeness (QED) is 0.231. The van der Waals surface area contributed by atoms with Crippen molar-refractivity contribution in [2.24, 2.45) is 0 Å². The molecule has 17 heteroatoms. The molecule has 1 N–H and O–H groups in total. The molecule has 0 bridgehead atoms. The average molecular weight is 629 g/mol. The molecular weight excluding hydrogens is 595 g/mol. The van der Waals surface area contributed by atoms with Crippen LogP contribution in [-0.4, -0.2) is 71.9 Å². The Balaban J connectivity index is 1.85. The molecule has 1 saturated heterocycles. The summed E-state index contributed by atoms with van der Waals surface area (Å²) in [4.78, 5) is 71.7. The highest BCUT2D eigenvalue weighted by Crippen LogP contribution is 2.38. The van der Waals surface area contributed by atoms with Gasteiger partial charge in [-0.05, 0) is 26.0 Å². The second-order valence-electron chi connectivity index (χ2n) is 9.38. The van der Waals surface area contributed by atoms with Gasteiger partial charge >= 0.3 is 25.9 Å². The van der Waals surface area contributed by atoms with Crippen molar-refractivity contribution in [3.63, 3.8) is 0 Å². The zero-order chi connectivity index (χ0) is 31.8. The molecule has 43 heavy (non-hydrogen) atoms. The van der Waals surface area contributed by atoms with Crippen molar-refractivity contribution in [1.29, 1.82) is 0 Å². The number of aromatic nitrogens is 2. The Morgan fingerprint density at radius 1 is 1.07 bits per heavy atom. The molecule has 0 spiro atoms. The lowest BCUT2D eigenvalue weighted by molar-refractivity contribution is -0.153. The number of benzene rings is 1. The summed E-state index contributed by atoms with van der Waals surface area (Å²) in [5.74, 6) is -1.21. The van der Waals surface area contributed by atoms with Crippen LogP contribution >= 0.6 is 8.25 Å². The summed E-state index contributed by atoms with van der Waals surface area (Å²) >= 11 is 0. The molecule has 0 amide bonds. The lowest BCUT2D eigenvalue weighted by Crippen LogP contribution is -2.43. The molecule has 2 aromatic rings. The van der Waals surface area contributed by atoms with Gasteiger partial charge < -0.3 is 42.6 Å². The van der Waals surface area contributed by atoms with Crippen molar-refractivity contribution in [1.82, 2.24) is 9.13 Å². The standard InChI is InChI=1S/C26H33N2O14P/c1-14-11-27(21-10-17(20(41-21)12-40-43(34)35)42-22(30)7-6-15(2)29)26(33)28(24(14)31)13-39-25(32)16-8-18(36-3)23(38-5)19(9-16)37-4/h8-9,11,17,20-21,43H,6-7,10,12-13H2,1-5H3,(H,34,35)/t17-,20?,21-/m1/s1. The first-order valence-corrected chi connectivity index (χ1v) is 14.2. The van der Waals surface area contributed by atoms with E-state index >= 15 is 0 Å². The Morgan fingerprint density at radius 2 is 1.72 bits per heavy atom. The lowest BCUT2D eigenvalue weighted by Gasteiger charge is -2.18. The molecule has 1 fully saturated rings. The molecule has 4 atom stereocenters. The number of nitrogens with zero attached hydrogens (tertiary/aromatic N) is 2. The number of methoxy groups -OCH3 is 3. The van der Waals surface area contributed by atoms with Gasteiger partial charge in [-0.1, -0.05) is 0 Å². The molecule has 1 aliphatic heterocycles. The van der Waals surface area contributed by atoms with E-state index in [2.05, 4.69) is 0 Å². The molecule has 1 aromatic heterocycles. The first-order chi connectivity index (χ1) is 20.4. The van der Waals surface area contributed by atoms with Gasteiger partial charge in [0.15, 0.2) is 18.2 Å². The van der Waals surface area contributed by atoms with Crippen LogP contribution in [0.1, 0.15) is 48.3 Å². The van der Waals surface area contributed by atoms with Crippen molar-refractivity contribution in [2.45, 2.75) is 58.3 Å². The van der Waals surface area contributed by atoms with Crippen molar-refractivity contribution in [3.05, 3.63) is 50.3 Å². The maximum atomic E-state index is 13.4. The van der Waals surface area contributed by atoms with E-state index in [1.54, 1.807) is 0 Å². The minimum atomic E-state index is -3.35. The number of ketones is 1. The number of hydrogen-bond acceptors (Lipinski definition) is 13. The van der Waals surface area contributed by atoms with E-state index in [1.807, 2.05) is 0 Å². The van der Waals surface area contributed by atoms with Crippen molar-refractivity contribution in [3.8, 4) is 17.2 Å². The number of aryl methyl sites for hydroxylation is 1. The van der Waals surface area contributed by atoms with Crippen LogP contribution in [0.15, 0.2) is 27.9 Å². The number of carbonyl (C=O) groups is 3. The number of carbonyl (C=O) groups excluding carboxylic acids is 3. The fourth-order valence-corrected chi connectivity index (χ4v) is 4.60. The van der Waals surface area contributed by atoms with Gasteiger partial charge in [0.25, 0.3) is 5.56 Å². The molecule has 2 heterocycles. The first kappa shape index (κ1) is 33.5. The van der Waals surface area contributed by atoms with Gasteiger partial charge in [-0.2, -0.15) is 0 Å². The highest BCUT2D eigenvalue weighted by Gasteiger charge is 2.40. The molecule has 1 aromatic carbocycles. The molecule has 3 rings (SSSR count). The number of esters is 2. The van der Waals surface area contributed by atoms with Crippen molar-refractivity contribution in [2.75, 3.05) is 27.9 Å². The number of rotatable bonds is 14. The van der Waals surface area contributed by atoms with Crippen LogP contribution < -0.4 is 25.5 Å². The van der Waals surface area contributed by atoms with Gasteiger partial charge in [0.1, 0.15) is 24.2 Å². The van der Waals surface area contributed by atoms with Gasteiger partial charge in [-0.3, -0.25) is 18.7 Å². The second-order valence-corrected chi connectivity index (χ2v) is 10.2. The Morgan fingerprint density at radius 3 is 2.28 bits per heavy atom. The first-order valence-electron chi connectivity index (χ1n) is 12.9. The Labute approximate surface area is 245 Å². The molecule has 2 unspecified atom stereocenters. The fourth-order valence-electron chi connectivity index (χ4n) is 4.29. The van der Waals surface area contributed by atoms with Crippen LogP contribution in [0.5, 0.6) is 17.2 Å². The van der Waals surface area contributed by atoms with E-state index in [9.17, 15) is 28.5 Å². The van der Waals surface area contributed by atoms with E-state index < -0.39 is 63.2 Å². The monoisotopic (exact) mass is 628 g/mol. The third kappa shape index (κ3) is 8.32. The molecule has 16 nitrogen and oxygen atoms in total. The Kier molecular flexibility index (Phi) is 11.7. The van der Waals surface area contributed by atoms with E-state index in [-0.39, 0.29) is 53.4 Å². The molecule has 0 aliphatic carbocycles. The largest absolute Gasteiger partial charge is 0.493 e. The molecule has 0 saturated carbocycles. The van der Waals surface area contributed by atoms with Gasteiger partial charge in [-0.25, -0.2) is 14.2 Å². The number of ether oxygens (including phenoxy) is 6. The normalized spacial score (nSPS) is 18.5. The van der Waals surface area contributed by atoms with E-state index in [0.717, 1.165) is 4.57 Å². The van der Waals surface area contributed by atoms with Crippen LogP contribution in [0.4, 0.5) is 0 Å². The second kappa shape index (κ2) is 15.0. The van der Waals surface area contributed by atoms with E-state index in [4.69, 9.17) is 37.8 Å². The zero-order valence-corrected chi connectivity index (χ0v) is 25.1. The third-order valence-electron chi connectivity index (χ3n) is 6.42. The van der Waals surface area contributed by atoms with E-state index in [0.29, 0.717) is 4.57 Å². The van der Waals surface area contributed by atoms with Crippen LogP contribution in [0.2, 0.25) is 0 Å². The van der Waals surface area contributed by atoms with Gasteiger partial charge in [-0.15, -0.1) is 0 Å². The van der Waals surface area contributed by atoms with Gasteiger partial charge in [0, 0.05) is 24.6 Å². The van der Waals surface area contributed by atoms with Crippen molar-refractivity contribution < 1.29 is 56.8 Å². The highest BCUT2D eigenvalue weighted by atomic mass is 31.1. The molecular formula is C26H33N2O14P. The summed E-state index contributed by atoms with van der Waals surface area (Å²) in [6, 6.07) is 2.68. The molecule has 1 aliphatic rings. The summed E-state index contributed by atoms with van der Waals surface area (Å²) in [5, 5.41) is 0. The van der Waals surface area contributed by atoms with Gasteiger partial charge in [0.2, 0.25) is 5.75 Å². The minimum Gasteiger partial charge on any atom is -0.493 e. The fraction of sp³-hybridized carbons (Fsp3) is 0.500. The predicted molar refractivity (Wildman–Crippen MR) is 147 cm³/mol. The van der Waals surface area contributed by atoms with Crippen LogP contribution in [0.3, 0.4) is 0 Å². The van der Waals surface area contributed by atoms with Crippen LogP contribution in [-0.2, 0) is 39.6 Å². The van der Waals surface area contributed by atoms with E-state index in [1.165, 1.54) is 53.5 Å². The summed E-state index contributed by atoms with van der Waals surface area (Å²) in [7, 11) is 0.774. The maximum absolute atomic E-state index is 13.4. The predicted octanol–water partition coefficient (Wildman–Crippen LogP) is 1.13. The lowest BCUT2D eigenvalue weighted by atomic mass is 10.1. The Hall–Kier alpha value is -3.98. The zero-order valence-electron chi connectivity index (χ0n) is 24.1. The maximum Gasteiger partial charge on any atom is 0.340 e. The number of hydrogen-bond donors (Lipinski definition) is 1. The number of Topliss-reactive ketones (excluding diaryl/α,β-unsaturated/α-hetero) is 1. The van der Waals surface area contributed by atoms with Crippen LogP contribution in [0.25, 0.3) is 0 Å². The van der Waals surface area contributed by atoms with Crippen molar-refractivity contribution >= 4 is 26.0 Å². The minimum absolute atomic E-state index is 0.00455.